The Bertz CT molecular complexity index is 689. The number of nitrogens with one attached hydrogen (secondary N) is 1. The number of hydrogen-bond acceptors (Lipinski definition) is 3. The minimum Gasteiger partial charge on any atom is -0.478 e. The summed E-state index contributed by atoms with van der Waals surface area (Å²) in [5.74, 6) is -1.32. The molecule has 20 heavy (non-hydrogen) atoms. The highest BCUT2D eigenvalue weighted by Gasteiger charge is 2.16. The van der Waals surface area contributed by atoms with Gasteiger partial charge in [-0.05, 0) is 31.5 Å². The number of carbonyl (C=O) groups excluding carboxylic acids is 1. The van der Waals surface area contributed by atoms with Gasteiger partial charge in [-0.2, -0.15) is 5.10 Å². The van der Waals surface area contributed by atoms with E-state index in [0.29, 0.717) is 16.8 Å². The third-order valence-corrected chi connectivity index (χ3v) is 3.29. The van der Waals surface area contributed by atoms with Crippen molar-refractivity contribution in [3.05, 3.63) is 46.8 Å². The average Bonchev–Trinajstić information content (AvgIpc) is 2.72. The molecule has 0 saturated heterocycles. The molecule has 0 aliphatic carbocycles. The maximum Gasteiger partial charge on any atom is 0.336 e. The molecule has 0 bridgehead atoms. The summed E-state index contributed by atoms with van der Waals surface area (Å²) in [4.78, 5) is 23.2. The van der Waals surface area contributed by atoms with Crippen molar-refractivity contribution in [2.24, 2.45) is 7.05 Å². The van der Waals surface area contributed by atoms with Crippen molar-refractivity contribution < 1.29 is 14.7 Å². The highest BCUT2D eigenvalue weighted by atomic mass is 16.4. The molecule has 0 unspecified atom stereocenters. The first-order chi connectivity index (χ1) is 9.41. The van der Waals surface area contributed by atoms with Gasteiger partial charge in [0.05, 0.1) is 17.3 Å². The first-order valence-electron chi connectivity index (χ1n) is 6.04. The second-order valence-corrected chi connectivity index (χ2v) is 4.50. The Labute approximate surface area is 116 Å². The minimum atomic E-state index is -1.02. The number of carboxylic acid groups (broad SMARTS) is 1. The Balaban J connectivity index is 2.31. The fraction of sp³-hybridized carbons (Fsp3) is 0.214. The first-order valence-corrected chi connectivity index (χ1v) is 6.04. The molecule has 2 rings (SSSR count). The van der Waals surface area contributed by atoms with Gasteiger partial charge in [-0.25, -0.2) is 4.79 Å². The monoisotopic (exact) mass is 273 g/mol. The Hall–Kier alpha value is -2.63. The Morgan fingerprint density at radius 2 is 1.95 bits per heavy atom. The fourth-order valence-corrected chi connectivity index (χ4v) is 1.91. The molecule has 0 aliphatic heterocycles. The molecule has 1 amide bonds. The van der Waals surface area contributed by atoms with E-state index in [-0.39, 0.29) is 11.5 Å². The Morgan fingerprint density at radius 3 is 2.50 bits per heavy atom. The number of nitrogens with zero attached hydrogens (tertiary/aromatic N) is 2. The van der Waals surface area contributed by atoms with E-state index in [1.165, 1.54) is 12.3 Å². The standard InChI is InChI=1S/C14H15N3O3/c1-8-10(14(19)20)5-4-6-12(8)16-13(18)11-7-15-17(3)9(11)2/h4-7H,1-3H3,(H,16,18)(H,19,20). The molecule has 6 nitrogen and oxygen atoms in total. The summed E-state index contributed by atoms with van der Waals surface area (Å²) in [5.41, 5.74) is 2.39. The molecular formula is C14H15N3O3. The first kappa shape index (κ1) is 13.8. The van der Waals surface area contributed by atoms with Crippen LogP contribution in [0.4, 0.5) is 5.69 Å². The SMILES string of the molecule is Cc1c(NC(=O)c2cnn(C)c2C)cccc1C(=O)O. The molecule has 1 aromatic carbocycles. The molecule has 6 heteroatoms. The van der Waals surface area contributed by atoms with Crippen molar-refractivity contribution in [2.75, 3.05) is 5.32 Å². The highest BCUT2D eigenvalue weighted by molar-refractivity contribution is 6.06. The largest absolute Gasteiger partial charge is 0.478 e. The van der Waals surface area contributed by atoms with E-state index in [4.69, 9.17) is 5.11 Å². The van der Waals surface area contributed by atoms with Crippen molar-refractivity contribution in [2.45, 2.75) is 13.8 Å². The van der Waals surface area contributed by atoms with Crippen LogP contribution in [0.15, 0.2) is 24.4 Å². The molecule has 1 heterocycles. The molecular weight excluding hydrogens is 258 g/mol. The third kappa shape index (κ3) is 2.40. The predicted molar refractivity (Wildman–Crippen MR) is 74.0 cm³/mol. The van der Waals surface area contributed by atoms with E-state index in [9.17, 15) is 9.59 Å². The molecule has 0 spiro atoms. The van der Waals surface area contributed by atoms with Gasteiger partial charge in [-0.3, -0.25) is 9.48 Å². The van der Waals surface area contributed by atoms with Crippen molar-refractivity contribution in [3.63, 3.8) is 0 Å². The average molecular weight is 273 g/mol. The number of carboxylic acids is 1. The second kappa shape index (κ2) is 5.16. The van der Waals surface area contributed by atoms with E-state index in [1.54, 1.807) is 37.7 Å². The molecule has 0 radical (unpaired) electrons. The zero-order chi connectivity index (χ0) is 14.9. The lowest BCUT2D eigenvalue weighted by Gasteiger charge is -2.10. The molecule has 2 aromatic rings. The number of benzene rings is 1. The van der Waals surface area contributed by atoms with Crippen LogP contribution >= 0.6 is 0 Å². The fourth-order valence-electron chi connectivity index (χ4n) is 1.91. The zero-order valence-corrected chi connectivity index (χ0v) is 11.5. The van der Waals surface area contributed by atoms with Gasteiger partial charge >= 0.3 is 5.97 Å². The molecule has 0 saturated carbocycles. The number of hydrogen-bond donors (Lipinski definition) is 2. The zero-order valence-electron chi connectivity index (χ0n) is 11.5. The number of anilines is 1. The van der Waals surface area contributed by atoms with Crippen molar-refractivity contribution >= 4 is 17.6 Å². The van der Waals surface area contributed by atoms with Gasteiger partial charge in [0.1, 0.15) is 0 Å². The van der Waals surface area contributed by atoms with Crippen molar-refractivity contribution in [3.8, 4) is 0 Å². The summed E-state index contributed by atoms with van der Waals surface area (Å²) in [7, 11) is 1.75. The van der Waals surface area contributed by atoms with Gasteiger partial charge in [0, 0.05) is 18.4 Å². The van der Waals surface area contributed by atoms with E-state index < -0.39 is 5.97 Å². The second-order valence-electron chi connectivity index (χ2n) is 4.50. The van der Waals surface area contributed by atoms with Crippen LogP contribution in [-0.4, -0.2) is 26.8 Å². The Kier molecular flexibility index (Phi) is 3.56. The van der Waals surface area contributed by atoms with Crippen LogP contribution in [0.25, 0.3) is 0 Å². The molecule has 2 N–H and O–H groups in total. The minimum absolute atomic E-state index is 0.172. The summed E-state index contributed by atoms with van der Waals surface area (Å²) in [5, 5.41) is 15.8. The number of aromatic nitrogens is 2. The van der Waals surface area contributed by atoms with Gasteiger partial charge < -0.3 is 10.4 Å². The van der Waals surface area contributed by atoms with Gasteiger partial charge in [-0.15, -0.1) is 0 Å². The van der Waals surface area contributed by atoms with Crippen molar-refractivity contribution in [1.29, 1.82) is 0 Å². The van der Waals surface area contributed by atoms with Crippen LogP contribution in [0.1, 0.15) is 32.0 Å². The summed E-state index contributed by atoms with van der Waals surface area (Å²) in [6.07, 6.45) is 1.49. The van der Waals surface area contributed by atoms with Gasteiger partial charge in [0.2, 0.25) is 0 Å². The van der Waals surface area contributed by atoms with Crippen LogP contribution in [0.3, 0.4) is 0 Å². The predicted octanol–water partition coefficient (Wildman–Crippen LogP) is 1.99. The van der Waals surface area contributed by atoms with E-state index in [2.05, 4.69) is 10.4 Å². The van der Waals surface area contributed by atoms with Crippen LogP contribution < -0.4 is 5.32 Å². The number of aromatic carboxylic acids is 1. The van der Waals surface area contributed by atoms with Gasteiger partial charge in [0.25, 0.3) is 5.91 Å². The van der Waals surface area contributed by atoms with E-state index in [0.717, 1.165) is 5.69 Å². The van der Waals surface area contributed by atoms with Crippen LogP contribution in [0, 0.1) is 13.8 Å². The van der Waals surface area contributed by atoms with E-state index in [1.807, 2.05) is 0 Å². The lowest BCUT2D eigenvalue weighted by molar-refractivity contribution is 0.0695. The lowest BCUT2D eigenvalue weighted by atomic mass is 10.1. The number of aryl methyl sites for hydroxylation is 1. The molecule has 104 valence electrons. The summed E-state index contributed by atoms with van der Waals surface area (Å²) >= 11 is 0. The molecule has 1 aromatic heterocycles. The van der Waals surface area contributed by atoms with Crippen LogP contribution in [-0.2, 0) is 7.05 Å². The maximum atomic E-state index is 12.2. The van der Waals surface area contributed by atoms with Crippen LogP contribution in [0.2, 0.25) is 0 Å². The smallest absolute Gasteiger partial charge is 0.336 e. The third-order valence-electron chi connectivity index (χ3n) is 3.29. The van der Waals surface area contributed by atoms with E-state index >= 15 is 0 Å². The molecule has 0 atom stereocenters. The topological polar surface area (TPSA) is 84.2 Å². The Morgan fingerprint density at radius 1 is 1.25 bits per heavy atom. The van der Waals surface area contributed by atoms with Crippen LogP contribution in [0.5, 0.6) is 0 Å². The number of rotatable bonds is 3. The van der Waals surface area contributed by atoms with Gasteiger partial charge in [0.15, 0.2) is 0 Å². The normalized spacial score (nSPS) is 10.3. The van der Waals surface area contributed by atoms with Crippen molar-refractivity contribution in [1.82, 2.24) is 9.78 Å². The lowest BCUT2D eigenvalue weighted by Crippen LogP contribution is -2.15. The maximum absolute atomic E-state index is 12.2. The summed E-state index contributed by atoms with van der Waals surface area (Å²) in [6, 6.07) is 4.77. The van der Waals surface area contributed by atoms with Gasteiger partial charge in [-0.1, -0.05) is 6.07 Å². The summed E-state index contributed by atoms with van der Waals surface area (Å²) in [6.45, 7) is 3.46. The quantitative estimate of drug-likeness (QED) is 0.895. The summed E-state index contributed by atoms with van der Waals surface area (Å²) < 4.78 is 1.61. The molecule has 0 aliphatic rings. The number of amides is 1. The molecule has 0 fully saturated rings. The number of carbonyl (C=O) groups is 2. The highest BCUT2D eigenvalue weighted by Crippen LogP contribution is 2.20.